The van der Waals surface area contributed by atoms with Gasteiger partial charge in [-0.3, -0.25) is 9.48 Å². The van der Waals surface area contributed by atoms with E-state index >= 15 is 0 Å². The third kappa shape index (κ3) is 3.74. The fourth-order valence-electron chi connectivity index (χ4n) is 3.08. The van der Waals surface area contributed by atoms with Crippen LogP contribution in [0.2, 0.25) is 0 Å². The van der Waals surface area contributed by atoms with Gasteiger partial charge in [-0.05, 0) is 36.6 Å². The Hall–Kier alpha value is -3.41. The van der Waals surface area contributed by atoms with Crippen molar-refractivity contribution in [1.29, 1.82) is 0 Å². The number of hydrogen-bond acceptors (Lipinski definition) is 4. The predicted molar refractivity (Wildman–Crippen MR) is 103 cm³/mol. The van der Waals surface area contributed by atoms with Crippen molar-refractivity contribution in [1.82, 2.24) is 20.3 Å². The largest absolute Gasteiger partial charge is 0.355 e. The Morgan fingerprint density at radius 3 is 2.81 bits per heavy atom. The molecule has 2 aromatic heterocycles. The molecule has 27 heavy (non-hydrogen) atoms. The monoisotopic (exact) mass is 360 g/mol. The number of aryl methyl sites for hydroxylation is 2. The van der Waals surface area contributed by atoms with Crippen LogP contribution < -0.4 is 5.32 Å². The van der Waals surface area contributed by atoms with Crippen molar-refractivity contribution in [2.24, 2.45) is 7.05 Å². The number of amides is 1. The van der Waals surface area contributed by atoms with E-state index in [-0.39, 0.29) is 5.91 Å². The van der Waals surface area contributed by atoms with Crippen LogP contribution in [-0.2, 0) is 13.5 Å². The summed E-state index contributed by atoms with van der Waals surface area (Å²) in [6.07, 6.45) is 5.60. The molecule has 0 saturated heterocycles. The first-order chi connectivity index (χ1) is 13.2. The summed E-state index contributed by atoms with van der Waals surface area (Å²) in [4.78, 5) is 12.5. The van der Waals surface area contributed by atoms with Gasteiger partial charge < -0.3 is 9.84 Å². The zero-order valence-electron chi connectivity index (χ0n) is 15.1. The molecule has 0 spiro atoms. The fourth-order valence-corrected chi connectivity index (χ4v) is 3.08. The average molecular weight is 360 g/mol. The summed E-state index contributed by atoms with van der Waals surface area (Å²) in [6, 6.07) is 15.2. The van der Waals surface area contributed by atoms with Crippen molar-refractivity contribution in [2.75, 3.05) is 6.54 Å². The van der Waals surface area contributed by atoms with Crippen LogP contribution in [-0.4, -0.2) is 27.4 Å². The molecule has 6 nitrogen and oxygen atoms in total. The van der Waals surface area contributed by atoms with E-state index in [4.69, 9.17) is 4.52 Å². The van der Waals surface area contributed by atoms with Crippen molar-refractivity contribution in [2.45, 2.75) is 12.8 Å². The van der Waals surface area contributed by atoms with Crippen molar-refractivity contribution in [3.05, 3.63) is 72.1 Å². The van der Waals surface area contributed by atoms with Crippen molar-refractivity contribution < 1.29 is 9.32 Å². The van der Waals surface area contributed by atoms with Gasteiger partial charge in [-0.25, -0.2) is 0 Å². The summed E-state index contributed by atoms with van der Waals surface area (Å²) in [7, 11) is 1.90. The lowest BCUT2D eigenvalue weighted by molar-refractivity contribution is 0.0953. The highest BCUT2D eigenvalue weighted by Crippen LogP contribution is 2.29. The first-order valence-corrected chi connectivity index (χ1v) is 8.91. The summed E-state index contributed by atoms with van der Waals surface area (Å²) in [5.41, 5.74) is 3.45. The number of aromatic nitrogens is 3. The summed E-state index contributed by atoms with van der Waals surface area (Å²) in [5, 5.41) is 12.1. The van der Waals surface area contributed by atoms with Crippen molar-refractivity contribution in [3.63, 3.8) is 0 Å². The molecule has 0 aliphatic heterocycles. The van der Waals surface area contributed by atoms with Gasteiger partial charge in [0, 0.05) is 30.9 Å². The number of nitrogens with zero attached hydrogens (tertiary/aromatic N) is 3. The van der Waals surface area contributed by atoms with E-state index in [2.05, 4.69) is 15.6 Å². The van der Waals surface area contributed by atoms with Gasteiger partial charge in [-0.2, -0.15) is 5.10 Å². The molecular weight excluding hydrogens is 340 g/mol. The Morgan fingerprint density at radius 1 is 1.19 bits per heavy atom. The van der Waals surface area contributed by atoms with Gasteiger partial charge in [0.25, 0.3) is 5.91 Å². The highest BCUT2D eigenvalue weighted by molar-refractivity contribution is 6.00. The van der Waals surface area contributed by atoms with Crippen LogP contribution in [0.4, 0.5) is 0 Å². The Kier molecular flexibility index (Phi) is 4.70. The molecule has 1 N–H and O–H groups in total. The molecule has 0 saturated carbocycles. The Morgan fingerprint density at radius 2 is 2.04 bits per heavy atom. The van der Waals surface area contributed by atoms with Gasteiger partial charge in [0.05, 0.1) is 11.6 Å². The third-order valence-corrected chi connectivity index (χ3v) is 4.46. The summed E-state index contributed by atoms with van der Waals surface area (Å²) >= 11 is 0. The molecule has 0 radical (unpaired) electrons. The lowest BCUT2D eigenvalue weighted by Crippen LogP contribution is -2.24. The van der Waals surface area contributed by atoms with Gasteiger partial charge >= 0.3 is 0 Å². The van der Waals surface area contributed by atoms with Crippen LogP contribution >= 0.6 is 0 Å². The molecule has 0 fully saturated rings. The molecule has 0 aliphatic carbocycles. The maximum absolute atomic E-state index is 12.5. The summed E-state index contributed by atoms with van der Waals surface area (Å²) in [6.45, 7) is 0.612. The highest BCUT2D eigenvalue weighted by Gasteiger charge is 2.13. The Labute approximate surface area is 156 Å². The topological polar surface area (TPSA) is 73.0 Å². The first kappa shape index (κ1) is 17.0. The molecule has 0 bridgehead atoms. The van der Waals surface area contributed by atoms with E-state index in [0.29, 0.717) is 17.9 Å². The number of fused-ring (bicyclic) bond motifs is 1. The van der Waals surface area contributed by atoms with Crippen LogP contribution in [0.3, 0.4) is 0 Å². The predicted octanol–water partition coefficient (Wildman–Crippen LogP) is 3.59. The first-order valence-electron chi connectivity index (χ1n) is 8.91. The van der Waals surface area contributed by atoms with Crippen LogP contribution in [0.15, 0.2) is 65.4 Å². The lowest BCUT2D eigenvalue weighted by Gasteiger charge is -2.05. The van der Waals surface area contributed by atoms with E-state index < -0.39 is 0 Å². The van der Waals surface area contributed by atoms with E-state index in [9.17, 15) is 4.79 Å². The number of benzene rings is 2. The smallest absolute Gasteiger partial charge is 0.251 e. The van der Waals surface area contributed by atoms with Gasteiger partial charge in [0.15, 0.2) is 5.76 Å². The number of rotatable bonds is 6. The SMILES string of the molecule is Cn1cc(CCCNC(=O)c2ccc3noc(-c4ccccc4)c3c2)cn1. The normalized spacial score (nSPS) is 11.0. The number of carbonyl (C=O) groups excluding carboxylic acids is 1. The molecule has 2 heterocycles. The van der Waals surface area contributed by atoms with Crippen LogP contribution in [0, 0.1) is 0 Å². The maximum Gasteiger partial charge on any atom is 0.251 e. The molecule has 1 amide bonds. The summed E-state index contributed by atoms with van der Waals surface area (Å²) in [5.74, 6) is 0.583. The molecule has 136 valence electrons. The quantitative estimate of drug-likeness (QED) is 0.533. The molecule has 4 rings (SSSR count). The van der Waals surface area contributed by atoms with Crippen LogP contribution in [0.5, 0.6) is 0 Å². The number of hydrogen-bond donors (Lipinski definition) is 1. The molecule has 0 atom stereocenters. The van der Waals surface area contributed by atoms with Crippen LogP contribution in [0.25, 0.3) is 22.2 Å². The molecule has 2 aromatic carbocycles. The standard InChI is InChI=1S/C21H20N4O2/c1-25-14-15(13-23-25)6-5-11-22-21(26)17-9-10-19-18(12-17)20(27-24-19)16-7-3-2-4-8-16/h2-4,7-10,12-14H,5-6,11H2,1H3,(H,22,26). The number of nitrogens with one attached hydrogen (secondary N) is 1. The Bertz CT molecular complexity index is 1070. The minimum absolute atomic E-state index is 0.0942. The maximum atomic E-state index is 12.5. The van der Waals surface area contributed by atoms with Gasteiger partial charge in [0.2, 0.25) is 0 Å². The van der Waals surface area contributed by atoms with E-state index in [0.717, 1.165) is 29.3 Å². The van der Waals surface area contributed by atoms with Gasteiger partial charge in [-0.1, -0.05) is 35.5 Å². The Balaban J connectivity index is 1.44. The molecular formula is C21H20N4O2. The molecule has 0 aliphatic rings. The van der Waals surface area contributed by atoms with E-state index in [1.165, 1.54) is 5.56 Å². The molecule has 6 heteroatoms. The second-order valence-corrected chi connectivity index (χ2v) is 6.49. The minimum Gasteiger partial charge on any atom is -0.355 e. The van der Waals surface area contributed by atoms with Crippen LogP contribution in [0.1, 0.15) is 22.3 Å². The average Bonchev–Trinajstić information content (AvgIpc) is 3.31. The minimum atomic E-state index is -0.0942. The van der Waals surface area contributed by atoms with Gasteiger partial charge in [0.1, 0.15) is 5.52 Å². The van der Waals surface area contributed by atoms with Crippen molar-refractivity contribution in [3.8, 4) is 11.3 Å². The highest BCUT2D eigenvalue weighted by atomic mass is 16.5. The fraction of sp³-hybridized carbons (Fsp3) is 0.190. The van der Waals surface area contributed by atoms with E-state index in [1.54, 1.807) is 10.7 Å². The second kappa shape index (κ2) is 7.45. The summed E-state index contributed by atoms with van der Waals surface area (Å²) < 4.78 is 7.28. The third-order valence-electron chi connectivity index (χ3n) is 4.46. The van der Waals surface area contributed by atoms with Gasteiger partial charge in [-0.15, -0.1) is 0 Å². The molecule has 4 aromatic rings. The van der Waals surface area contributed by atoms with Crippen molar-refractivity contribution >= 4 is 16.8 Å². The lowest BCUT2D eigenvalue weighted by atomic mass is 10.1. The number of carbonyl (C=O) groups is 1. The zero-order chi connectivity index (χ0) is 18.6. The van der Waals surface area contributed by atoms with E-state index in [1.807, 2.05) is 61.9 Å². The zero-order valence-corrected chi connectivity index (χ0v) is 15.1. The molecule has 0 unspecified atom stereocenters. The second-order valence-electron chi connectivity index (χ2n) is 6.49.